The highest BCUT2D eigenvalue weighted by atomic mass is 79.9. The van der Waals surface area contributed by atoms with Crippen molar-refractivity contribution in [1.82, 2.24) is 15.0 Å². The Morgan fingerprint density at radius 1 is 1.37 bits per heavy atom. The van der Waals surface area contributed by atoms with Crippen LogP contribution in [-0.2, 0) is 12.0 Å². The van der Waals surface area contributed by atoms with Crippen molar-refractivity contribution in [2.75, 3.05) is 5.73 Å². The molecule has 0 atom stereocenters. The van der Waals surface area contributed by atoms with Gasteiger partial charge in [-0.3, -0.25) is 0 Å². The minimum Gasteiger partial charge on any atom is -0.381 e. The third-order valence-electron chi connectivity index (χ3n) is 2.81. The Bertz CT molecular complexity index is 601. The molecule has 0 aliphatic heterocycles. The first-order valence-electron chi connectivity index (χ1n) is 5.92. The minimum absolute atomic E-state index is 0.116. The minimum atomic E-state index is -0.116. The number of nitrogens with two attached hydrogens (primary N) is 1. The van der Waals surface area contributed by atoms with E-state index in [0.717, 1.165) is 15.7 Å². The number of aromatic nitrogens is 3. The maximum Gasteiger partial charge on any atom is 0.169 e. The van der Waals surface area contributed by atoms with Gasteiger partial charge in [-0.15, -0.1) is 5.10 Å². The van der Waals surface area contributed by atoms with E-state index in [-0.39, 0.29) is 5.41 Å². The van der Waals surface area contributed by atoms with E-state index in [1.54, 1.807) is 0 Å². The summed E-state index contributed by atoms with van der Waals surface area (Å²) >= 11 is 9.62. The fraction of sp³-hybridized carbons (Fsp3) is 0.385. The lowest BCUT2D eigenvalue weighted by Crippen LogP contribution is -2.20. The quantitative estimate of drug-likeness (QED) is 0.906. The molecule has 102 valence electrons. The lowest BCUT2D eigenvalue weighted by molar-refractivity contribution is 0.503. The van der Waals surface area contributed by atoms with Crippen LogP contribution < -0.4 is 5.73 Å². The van der Waals surface area contributed by atoms with E-state index in [1.807, 2.05) is 22.9 Å². The number of halogens is 2. The Labute approximate surface area is 126 Å². The SMILES string of the molecule is CC(C)(C)c1c(N)nnn1Cc1ccc(Br)cc1Cl. The molecule has 1 aromatic carbocycles. The average Bonchev–Trinajstić information content (AvgIpc) is 2.63. The maximum atomic E-state index is 6.23. The molecular formula is C13H16BrClN4. The zero-order valence-electron chi connectivity index (χ0n) is 11.1. The molecule has 1 heterocycles. The number of anilines is 1. The molecule has 1 aromatic heterocycles. The molecule has 6 heteroatoms. The Balaban J connectivity index is 2.39. The molecule has 0 saturated heterocycles. The highest BCUT2D eigenvalue weighted by molar-refractivity contribution is 9.10. The van der Waals surface area contributed by atoms with Gasteiger partial charge in [0.25, 0.3) is 0 Å². The van der Waals surface area contributed by atoms with Crippen LogP contribution in [0.5, 0.6) is 0 Å². The van der Waals surface area contributed by atoms with Crippen molar-refractivity contribution in [2.24, 2.45) is 0 Å². The topological polar surface area (TPSA) is 56.7 Å². The van der Waals surface area contributed by atoms with E-state index in [9.17, 15) is 0 Å². The van der Waals surface area contributed by atoms with E-state index < -0.39 is 0 Å². The molecule has 2 aromatic rings. The van der Waals surface area contributed by atoms with E-state index in [4.69, 9.17) is 17.3 Å². The van der Waals surface area contributed by atoms with Crippen LogP contribution in [-0.4, -0.2) is 15.0 Å². The second kappa shape index (κ2) is 5.13. The number of hydrogen-bond acceptors (Lipinski definition) is 3. The van der Waals surface area contributed by atoms with Gasteiger partial charge in [0.2, 0.25) is 0 Å². The first-order valence-corrected chi connectivity index (χ1v) is 7.09. The van der Waals surface area contributed by atoms with Gasteiger partial charge in [-0.05, 0) is 17.7 Å². The summed E-state index contributed by atoms with van der Waals surface area (Å²) in [5.74, 6) is 0.473. The van der Waals surface area contributed by atoms with E-state index in [1.165, 1.54) is 0 Å². The third kappa shape index (κ3) is 3.09. The molecule has 0 saturated carbocycles. The summed E-state index contributed by atoms with van der Waals surface area (Å²) in [5, 5.41) is 8.77. The molecule has 0 amide bonds. The molecule has 0 aliphatic rings. The zero-order chi connectivity index (χ0) is 14.2. The molecule has 4 nitrogen and oxygen atoms in total. The maximum absolute atomic E-state index is 6.23. The van der Waals surface area contributed by atoms with Crippen LogP contribution in [0.2, 0.25) is 5.02 Å². The fourth-order valence-corrected chi connectivity index (χ4v) is 2.75. The average molecular weight is 344 g/mol. The second-order valence-electron chi connectivity index (χ2n) is 5.47. The summed E-state index contributed by atoms with van der Waals surface area (Å²) in [4.78, 5) is 0. The summed E-state index contributed by atoms with van der Waals surface area (Å²) in [7, 11) is 0. The van der Waals surface area contributed by atoms with Crippen molar-refractivity contribution in [3.8, 4) is 0 Å². The Hall–Kier alpha value is -1.07. The molecule has 0 bridgehead atoms. The summed E-state index contributed by atoms with van der Waals surface area (Å²) in [6.45, 7) is 6.81. The van der Waals surface area contributed by atoms with Crippen LogP contribution in [0.15, 0.2) is 22.7 Å². The number of nitrogens with zero attached hydrogens (tertiary/aromatic N) is 3. The molecule has 0 fully saturated rings. The molecule has 0 radical (unpaired) electrons. The van der Waals surface area contributed by atoms with Gasteiger partial charge in [0.05, 0.1) is 12.2 Å². The van der Waals surface area contributed by atoms with Crippen molar-refractivity contribution in [3.05, 3.63) is 39.0 Å². The lowest BCUT2D eigenvalue weighted by Gasteiger charge is -2.20. The Morgan fingerprint density at radius 2 is 2.05 bits per heavy atom. The predicted octanol–water partition coefficient (Wildman–Crippen LogP) is 3.62. The van der Waals surface area contributed by atoms with Crippen LogP contribution in [0.4, 0.5) is 5.82 Å². The number of rotatable bonds is 2. The molecule has 2 rings (SSSR count). The van der Waals surface area contributed by atoms with Crippen molar-refractivity contribution in [2.45, 2.75) is 32.7 Å². The normalized spacial score (nSPS) is 11.8. The molecular weight excluding hydrogens is 328 g/mol. The lowest BCUT2D eigenvalue weighted by atomic mass is 9.92. The van der Waals surface area contributed by atoms with Gasteiger partial charge in [-0.2, -0.15) is 0 Å². The fourth-order valence-electron chi connectivity index (χ4n) is 2.02. The monoisotopic (exact) mass is 342 g/mol. The van der Waals surface area contributed by atoms with E-state index in [2.05, 4.69) is 47.0 Å². The smallest absolute Gasteiger partial charge is 0.169 e. The van der Waals surface area contributed by atoms with Crippen molar-refractivity contribution in [1.29, 1.82) is 0 Å². The van der Waals surface area contributed by atoms with E-state index >= 15 is 0 Å². The summed E-state index contributed by atoms with van der Waals surface area (Å²) in [5.41, 5.74) is 7.70. The second-order valence-corrected chi connectivity index (χ2v) is 6.79. The first kappa shape index (κ1) is 14.3. The standard InChI is InChI=1S/C13H16BrClN4/c1-13(2,3)11-12(16)17-18-19(11)7-8-4-5-9(14)6-10(8)15/h4-6H,7,16H2,1-3H3. The number of nitrogen functional groups attached to an aromatic ring is 1. The summed E-state index contributed by atoms with van der Waals surface area (Å²) in [6, 6.07) is 5.79. The molecule has 2 N–H and O–H groups in total. The van der Waals surface area contributed by atoms with Crippen LogP contribution in [0.1, 0.15) is 32.0 Å². The first-order chi connectivity index (χ1) is 8.79. The van der Waals surface area contributed by atoms with Crippen molar-refractivity contribution in [3.63, 3.8) is 0 Å². The summed E-state index contributed by atoms with van der Waals surface area (Å²) < 4.78 is 2.76. The molecule has 0 aliphatic carbocycles. The highest BCUT2D eigenvalue weighted by Crippen LogP contribution is 2.28. The Kier molecular flexibility index (Phi) is 3.87. The predicted molar refractivity (Wildman–Crippen MR) is 81.4 cm³/mol. The Morgan fingerprint density at radius 3 is 2.63 bits per heavy atom. The van der Waals surface area contributed by atoms with Crippen molar-refractivity contribution >= 4 is 33.3 Å². The van der Waals surface area contributed by atoms with Gasteiger partial charge in [-0.25, -0.2) is 4.68 Å². The van der Waals surface area contributed by atoms with Gasteiger partial charge < -0.3 is 5.73 Å². The molecule has 19 heavy (non-hydrogen) atoms. The molecule has 0 unspecified atom stereocenters. The van der Waals surface area contributed by atoms with Gasteiger partial charge in [0.1, 0.15) is 0 Å². The van der Waals surface area contributed by atoms with Crippen LogP contribution in [0, 0.1) is 0 Å². The van der Waals surface area contributed by atoms with Crippen LogP contribution >= 0.6 is 27.5 Å². The van der Waals surface area contributed by atoms with E-state index in [0.29, 0.717) is 17.4 Å². The highest BCUT2D eigenvalue weighted by Gasteiger charge is 2.24. The van der Waals surface area contributed by atoms with Crippen LogP contribution in [0.25, 0.3) is 0 Å². The van der Waals surface area contributed by atoms with Gasteiger partial charge in [0, 0.05) is 14.9 Å². The number of hydrogen-bond donors (Lipinski definition) is 1. The van der Waals surface area contributed by atoms with Gasteiger partial charge in [0.15, 0.2) is 5.82 Å². The number of benzene rings is 1. The van der Waals surface area contributed by atoms with Crippen molar-refractivity contribution < 1.29 is 0 Å². The van der Waals surface area contributed by atoms with Gasteiger partial charge in [-0.1, -0.05) is 59.6 Å². The van der Waals surface area contributed by atoms with Gasteiger partial charge >= 0.3 is 0 Å². The largest absolute Gasteiger partial charge is 0.381 e. The molecule has 0 spiro atoms. The zero-order valence-corrected chi connectivity index (χ0v) is 13.5. The summed E-state index contributed by atoms with van der Waals surface area (Å²) in [6.07, 6.45) is 0. The third-order valence-corrected chi connectivity index (χ3v) is 3.65. The van der Waals surface area contributed by atoms with Crippen LogP contribution in [0.3, 0.4) is 0 Å².